The molecule has 0 radical (unpaired) electrons. The van der Waals surface area contributed by atoms with Gasteiger partial charge >= 0.3 is 12.0 Å². The predicted octanol–water partition coefficient (Wildman–Crippen LogP) is 3.68. The van der Waals surface area contributed by atoms with Crippen LogP contribution in [0.25, 0.3) is 11.0 Å². The molecule has 0 aliphatic heterocycles. The molecular formula is C15H11BrN2O3. The number of carboxylic acids is 1. The Bertz CT molecular complexity index is 796. The van der Waals surface area contributed by atoms with Crippen LogP contribution in [0, 0.1) is 0 Å². The molecule has 0 aliphatic rings. The second-order valence-electron chi connectivity index (χ2n) is 4.42. The highest BCUT2D eigenvalue weighted by molar-refractivity contribution is 9.10. The molecule has 1 heterocycles. The summed E-state index contributed by atoms with van der Waals surface area (Å²) >= 11 is 3.35. The van der Waals surface area contributed by atoms with E-state index in [4.69, 9.17) is 9.84 Å². The quantitative estimate of drug-likeness (QED) is 0.782. The smallest absolute Gasteiger partial charge is 0.323 e. The molecule has 106 valence electrons. The number of rotatable bonds is 4. The number of hydrogen-bond donors (Lipinski definition) is 1. The van der Waals surface area contributed by atoms with E-state index in [1.54, 1.807) is 16.7 Å². The normalized spacial score (nSPS) is 10.7. The van der Waals surface area contributed by atoms with Crippen LogP contribution in [-0.4, -0.2) is 20.6 Å². The van der Waals surface area contributed by atoms with Gasteiger partial charge in [0.2, 0.25) is 0 Å². The molecule has 0 spiro atoms. The van der Waals surface area contributed by atoms with Gasteiger partial charge in [-0.1, -0.05) is 28.1 Å². The minimum atomic E-state index is -0.946. The summed E-state index contributed by atoms with van der Waals surface area (Å²) in [6.07, 6.45) is 0. The summed E-state index contributed by atoms with van der Waals surface area (Å²) in [6.45, 7) is -0.202. The number of imidazole rings is 1. The van der Waals surface area contributed by atoms with Crippen LogP contribution in [0.2, 0.25) is 0 Å². The van der Waals surface area contributed by atoms with Crippen molar-refractivity contribution in [3.05, 3.63) is 53.0 Å². The van der Waals surface area contributed by atoms with Gasteiger partial charge in [-0.25, -0.2) is 0 Å². The van der Waals surface area contributed by atoms with Crippen molar-refractivity contribution in [3.63, 3.8) is 0 Å². The van der Waals surface area contributed by atoms with Gasteiger partial charge in [-0.3, -0.25) is 9.36 Å². The minimum Gasteiger partial charge on any atom is -0.480 e. The van der Waals surface area contributed by atoms with E-state index in [-0.39, 0.29) is 12.6 Å². The third-order valence-electron chi connectivity index (χ3n) is 2.94. The average molecular weight is 347 g/mol. The van der Waals surface area contributed by atoms with E-state index >= 15 is 0 Å². The Kier molecular flexibility index (Phi) is 3.62. The van der Waals surface area contributed by atoms with Gasteiger partial charge in [0.15, 0.2) is 0 Å². The number of hydrogen-bond acceptors (Lipinski definition) is 3. The number of fused-ring (bicyclic) bond motifs is 1. The summed E-state index contributed by atoms with van der Waals surface area (Å²) in [7, 11) is 0. The molecule has 3 aromatic rings. The summed E-state index contributed by atoms with van der Waals surface area (Å²) in [5.41, 5.74) is 1.43. The SMILES string of the molecule is O=C(O)Cn1c(Oc2ccc(Br)cc2)nc2ccccc21. The fraction of sp³-hybridized carbons (Fsp3) is 0.0667. The number of aliphatic carboxylic acids is 1. The first-order chi connectivity index (χ1) is 10.1. The Hall–Kier alpha value is -2.34. The van der Waals surface area contributed by atoms with Gasteiger partial charge in [-0.15, -0.1) is 0 Å². The number of aromatic nitrogens is 2. The van der Waals surface area contributed by atoms with E-state index in [0.717, 1.165) is 9.99 Å². The van der Waals surface area contributed by atoms with Gasteiger partial charge in [-0.05, 0) is 36.4 Å². The van der Waals surface area contributed by atoms with Crippen molar-refractivity contribution < 1.29 is 14.6 Å². The topological polar surface area (TPSA) is 64.3 Å². The van der Waals surface area contributed by atoms with Crippen LogP contribution in [0.15, 0.2) is 53.0 Å². The molecule has 1 N–H and O–H groups in total. The molecule has 0 unspecified atom stereocenters. The lowest BCUT2D eigenvalue weighted by Crippen LogP contribution is -2.09. The number of ether oxygens (including phenoxy) is 1. The second-order valence-corrected chi connectivity index (χ2v) is 5.33. The van der Waals surface area contributed by atoms with Crippen LogP contribution in [0.4, 0.5) is 0 Å². The van der Waals surface area contributed by atoms with E-state index in [1.165, 1.54) is 0 Å². The molecule has 0 bridgehead atoms. The van der Waals surface area contributed by atoms with E-state index in [9.17, 15) is 4.79 Å². The van der Waals surface area contributed by atoms with Crippen LogP contribution in [0.5, 0.6) is 11.8 Å². The zero-order valence-electron chi connectivity index (χ0n) is 10.9. The Labute approximate surface area is 128 Å². The van der Waals surface area contributed by atoms with Crippen LogP contribution in [0.3, 0.4) is 0 Å². The summed E-state index contributed by atoms with van der Waals surface area (Å²) < 4.78 is 8.20. The Morgan fingerprint density at radius 3 is 2.62 bits per heavy atom. The number of carboxylic acid groups (broad SMARTS) is 1. The minimum absolute atomic E-state index is 0.202. The molecule has 0 aliphatic carbocycles. The zero-order valence-corrected chi connectivity index (χ0v) is 12.4. The van der Waals surface area contributed by atoms with Crippen LogP contribution in [0.1, 0.15) is 0 Å². The molecule has 0 saturated heterocycles. The van der Waals surface area contributed by atoms with Crippen LogP contribution < -0.4 is 4.74 Å². The molecule has 1 aromatic heterocycles. The first-order valence-electron chi connectivity index (χ1n) is 6.24. The van der Waals surface area contributed by atoms with Gasteiger partial charge in [0, 0.05) is 4.47 Å². The molecule has 0 amide bonds. The number of benzene rings is 2. The summed E-state index contributed by atoms with van der Waals surface area (Å²) in [5, 5.41) is 9.06. The maximum absolute atomic E-state index is 11.0. The predicted molar refractivity (Wildman–Crippen MR) is 81.6 cm³/mol. The summed E-state index contributed by atoms with van der Waals surface area (Å²) in [6, 6.07) is 14.9. The zero-order chi connectivity index (χ0) is 14.8. The number of halogens is 1. The second kappa shape index (κ2) is 5.57. The molecule has 0 atom stereocenters. The van der Waals surface area contributed by atoms with Gasteiger partial charge < -0.3 is 9.84 Å². The molecule has 3 rings (SSSR count). The highest BCUT2D eigenvalue weighted by atomic mass is 79.9. The van der Waals surface area contributed by atoms with Crippen LogP contribution >= 0.6 is 15.9 Å². The number of nitrogens with zero attached hydrogens (tertiary/aromatic N) is 2. The lowest BCUT2D eigenvalue weighted by molar-refractivity contribution is -0.137. The van der Waals surface area contributed by atoms with Crippen molar-refractivity contribution >= 4 is 32.9 Å². The van der Waals surface area contributed by atoms with Crippen molar-refractivity contribution in [1.29, 1.82) is 0 Å². The lowest BCUT2D eigenvalue weighted by atomic mass is 10.3. The average Bonchev–Trinajstić information content (AvgIpc) is 2.79. The Morgan fingerprint density at radius 2 is 1.90 bits per heavy atom. The first kappa shape index (κ1) is 13.6. The van der Waals surface area contributed by atoms with Crippen molar-refractivity contribution in [2.75, 3.05) is 0 Å². The van der Waals surface area contributed by atoms with Crippen molar-refractivity contribution in [3.8, 4) is 11.8 Å². The Balaban J connectivity index is 2.04. The van der Waals surface area contributed by atoms with Crippen molar-refractivity contribution in [2.24, 2.45) is 0 Å². The van der Waals surface area contributed by atoms with E-state index in [1.807, 2.05) is 36.4 Å². The largest absolute Gasteiger partial charge is 0.480 e. The third-order valence-corrected chi connectivity index (χ3v) is 3.46. The van der Waals surface area contributed by atoms with E-state index < -0.39 is 5.97 Å². The fourth-order valence-corrected chi connectivity index (χ4v) is 2.29. The molecular weight excluding hydrogens is 336 g/mol. The monoisotopic (exact) mass is 346 g/mol. The van der Waals surface area contributed by atoms with Crippen molar-refractivity contribution in [1.82, 2.24) is 9.55 Å². The van der Waals surface area contributed by atoms with Gasteiger partial charge in [0.25, 0.3) is 0 Å². The summed E-state index contributed by atoms with van der Waals surface area (Å²) in [5.74, 6) is -0.348. The maximum Gasteiger partial charge on any atom is 0.323 e. The van der Waals surface area contributed by atoms with Gasteiger partial charge in [0.05, 0.1) is 11.0 Å². The van der Waals surface area contributed by atoms with E-state index in [0.29, 0.717) is 11.3 Å². The highest BCUT2D eigenvalue weighted by Crippen LogP contribution is 2.26. The fourth-order valence-electron chi connectivity index (χ4n) is 2.03. The molecule has 21 heavy (non-hydrogen) atoms. The van der Waals surface area contributed by atoms with E-state index in [2.05, 4.69) is 20.9 Å². The Morgan fingerprint density at radius 1 is 1.19 bits per heavy atom. The first-order valence-corrected chi connectivity index (χ1v) is 7.03. The maximum atomic E-state index is 11.0. The molecule has 2 aromatic carbocycles. The molecule has 6 heteroatoms. The number of carbonyl (C=O) groups is 1. The lowest BCUT2D eigenvalue weighted by Gasteiger charge is -2.07. The molecule has 0 fully saturated rings. The van der Waals surface area contributed by atoms with Gasteiger partial charge in [-0.2, -0.15) is 4.98 Å². The standard InChI is InChI=1S/C15H11BrN2O3/c16-10-5-7-11(8-6-10)21-15-17-12-3-1-2-4-13(12)18(15)9-14(19)20/h1-8H,9H2,(H,19,20). The van der Waals surface area contributed by atoms with Crippen molar-refractivity contribution in [2.45, 2.75) is 6.54 Å². The number of para-hydroxylation sites is 2. The molecule has 5 nitrogen and oxygen atoms in total. The third kappa shape index (κ3) is 2.90. The summed E-state index contributed by atoms with van der Waals surface area (Å²) in [4.78, 5) is 15.4. The van der Waals surface area contributed by atoms with Gasteiger partial charge in [0.1, 0.15) is 12.3 Å². The van der Waals surface area contributed by atoms with Crippen LogP contribution in [-0.2, 0) is 11.3 Å². The molecule has 0 saturated carbocycles. The highest BCUT2D eigenvalue weighted by Gasteiger charge is 2.14.